The van der Waals surface area contributed by atoms with E-state index in [1.165, 1.54) is 17.0 Å². The Bertz CT molecular complexity index is 1150. The number of carbonyl (C=O) groups is 3. The Kier molecular flexibility index (Phi) is 5.26. The molecule has 0 fully saturated rings. The van der Waals surface area contributed by atoms with Crippen molar-refractivity contribution in [3.05, 3.63) is 75.4 Å². The Labute approximate surface area is 186 Å². The molecule has 0 saturated heterocycles. The highest BCUT2D eigenvalue weighted by atomic mass is 35.5. The highest BCUT2D eigenvalue weighted by Gasteiger charge is 2.44. The Balaban J connectivity index is 1.92. The van der Waals surface area contributed by atoms with Gasteiger partial charge in [-0.05, 0) is 42.5 Å². The minimum absolute atomic E-state index is 0.0441. The van der Waals surface area contributed by atoms with Crippen molar-refractivity contribution >= 4 is 34.9 Å². The van der Waals surface area contributed by atoms with Gasteiger partial charge in [0.2, 0.25) is 5.91 Å². The van der Waals surface area contributed by atoms with Crippen molar-refractivity contribution < 1.29 is 19.5 Å². The summed E-state index contributed by atoms with van der Waals surface area (Å²) in [5, 5.41) is 9.58. The summed E-state index contributed by atoms with van der Waals surface area (Å²) < 4.78 is 0. The number of anilines is 1. The molecule has 2 aromatic rings. The first-order valence-electron chi connectivity index (χ1n) is 10.3. The van der Waals surface area contributed by atoms with E-state index in [2.05, 4.69) is 0 Å². The van der Waals surface area contributed by atoms with E-state index in [-0.39, 0.29) is 40.0 Å². The molecule has 0 aromatic heterocycles. The average Bonchev–Trinajstić information content (AvgIpc) is 2.67. The number of carboxylic acid groups (broad SMARTS) is 1. The van der Waals surface area contributed by atoms with Crippen molar-refractivity contribution in [3.63, 3.8) is 0 Å². The maximum atomic E-state index is 13.4. The summed E-state index contributed by atoms with van der Waals surface area (Å²) in [5.41, 5.74) is 3.41. The third-order valence-corrected chi connectivity index (χ3v) is 6.36. The zero-order valence-corrected chi connectivity index (χ0v) is 18.5. The molecular weight excluding hydrogens is 414 g/mol. The molecule has 0 radical (unpaired) electrons. The van der Waals surface area contributed by atoms with Crippen LogP contribution in [0.4, 0.5) is 5.69 Å². The fraction of sp³-hybridized carbons (Fsp3) is 0.320. The SMILES string of the molecule is Cc1cccc(C2CC(=O)N(c3ccc(Cl)c(C(=O)O)c3)C3=C2C(=O)CC(C)(C)C3)c1. The molecule has 0 bridgehead atoms. The molecule has 1 N–H and O–H groups in total. The first-order chi connectivity index (χ1) is 14.6. The van der Waals surface area contributed by atoms with Gasteiger partial charge in [0.25, 0.3) is 0 Å². The Morgan fingerprint density at radius 1 is 1.13 bits per heavy atom. The lowest BCUT2D eigenvalue weighted by Crippen LogP contribution is -2.43. The Morgan fingerprint density at radius 2 is 1.87 bits per heavy atom. The summed E-state index contributed by atoms with van der Waals surface area (Å²) in [6, 6.07) is 12.4. The molecule has 1 unspecified atom stereocenters. The van der Waals surface area contributed by atoms with Crippen molar-refractivity contribution in [2.45, 2.75) is 46.0 Å². The predicted octanol–water partition coefficient (Wildman–Crippen LogP) is 5.51. The lowest BCUT2D eigenvalue weighted by atomic mass is 9.69. The number of halogens is 1. The number of carboxylic acids is 1. The maximum Gasteiger partial charge on any atom is 0.337 e. The molecule has 5 nitrogen and oxygen atoms in total. The van der Waals surface area contributed by atoms with Gasteiger partial charge in [0.15, 0.2) is 5.78 Å². The van der Waals surface area contributed by atoms with Crippen LogP contribution in [-0.2, 0) is 9.59 Å². The quantitative estimate of drug-likeness (QED) is 0.686. The molecule has 1 aliphatic heterocycles. The number of amides is 1. The molecular formula is C25H24ClNO4. The van der Waals surface area contributed by atoms with Crippen molar-refractivity contribution in [1.29, 1.82) is 0 Å². The summed E-state index contributed by atoms with van der Waals surface area (Å²) >= 11 is 6.04. The molecule has 31 heavy (non-hydrogen) atoms. The molecule has 4 rings (SSSR count). The molecule has 0 saturated carbocycles. The van der Waals surface area contributed by atoms with Gasteiger partial charge < -0.3 is 5.11 Å². The van der Waals surface area contributed by atoms with E-state index in [0.717, 1.165) is 11.1 Å². The molecule has 1 atom stereocenters. The number of hydrogen-bond acceptors (Lipinski definition) is 3. The third kappa shape index (κ3) is 3.90. The van der Waals surface area contributed by atoms with Gasteiger partial charge in [-0.3, -0.25) is 14.5 Å². The number of carbonyl (C=O) groups excluding carboxylic acids is 2. The van der Waals surface area contributed by atoms with Crippen LogP contribution in [-0.4, -0.2) is 22.8 Å². The van der Waals surface area contributed by atoms with Gasteiger partial charge in [-0.25, -0.2) is 4.79 Å². The topological polar surface area (TPSA) is 74.7 Å². The summed E-state index contributed by atoms with van der Waals surface area (Å²) in [5.74, 6) is -1.58. The van der Waals surface area contributed by atoms with Crippen LogP contribution in [0.25, 0.3) is 0 Å². The lowest BCUT2D eigenvalue weighted by molar-refractivity contribution is -0.121. The van der Waals surface area contributed by atoms with Gasteiger partial charge >= 0.3 is 5.97 Å². The smallest absolute Gasteiger partial charge is 0.337 e. The van der Waals surface area contributed by atoms with E-state index < -0.39 is 5.97 Å². The second kappa shape index (κ2) is 7.65. The van der Waals surface area contributed by atoms with Crippen LogP contribution in [0.5, 0.6) is 0 Å². The van der Waals surface area contributed by atoms with Crippen LogP contribution in [0.3, 0.4) is 0 Å². The van der Waals surface area contributed by atoms with Crippen LogP contribution in [0.15, 0.2) is 53.7 Å². The third-order valence-electron chi connectivity index (χ3n) is 6.03. The highest BCUT2D eigenvalue weighted by Crippen LogP contribution is 2.48. The highest BCUT2D eigenvalue weighted by molar-refractivity contribution is 6.33. The minimum atomic E-state index is -1.16. The molecule has 160 valence electrons. The summed E-state index contributed by atoms with van der Waals surface area (Å²) in [4.78, 5) is 39.8. The Hall–Kier alpha value is -2.92. The zero-order chi connectivity index (χ0) is 22.5. The molecule has 1 amide bonds. The number of ketones is 1. The van der Waals surface area contributed by atoms with Crippen molar-refractivity contribution in [2.24, 2.45) is 5.41 Å². The number of hydrogen-bond donors (Lipinski definition) is 1. The number of aromatic carboxylic acids is 1. The number of Topliss-reactive ketones (excluding diaryl/α,β-unsaturated/α-hetero) is 1. The first-order valence-corrected chi connectivity index (χ1v) is 10.6. The number of rotatable bonds is 3. The average molecular weight is 438 g/mol. The minimum Gasteiger partial charge on any atom is -0.478 e. The van der Waals surface area contributed by atoms with E-state index in [4.69, 9.17) is 11.6 Å². The van der Waals surface area contributed by atoms with Crippen molar-refractivity contribution in [3.8, 4) is 0 Å². The lowest BCUT2D eigenvalue weighted by Gasteiger charge is -2.43. The second-order valence-corrected chi connectivity index (χ2v) is 9.58. The molecule has 6 heteroatoms. The number of benzene rings is 2. The van der Waals surface area contributed by atoms with Gasteiger partial charge in [-0.2, -0.15) is 0 Å². The van der Waals surface area contributed by atoms with E-state index in [0.29, 0.717) is 29.8 Å². The van der Waals surface area contributed by atoms with Gasteiger partial charge in [0.05, 0.1) is 10.6 Å². The zero-order valence-electron chi connectivity index (χ0n) is 17.7. The molecule has 2 aromatic carbocycles. The van der Waals surface area contributed by atoms with Gasteiger partial charge in [0, 0.05) is 35.7 Å². The monoisotopic (exact) mass is 437 g/mol. The fourth-order valence-electron chi connectivity index (χ4n) is 4.70. The second-order valence-electron chi connectivity index (χ2n) is 9.17. The normalized spacial score (nSPS) is 20.6. The van der Waals surface area contributed by atoms with E-state index in [1.54, 1.807) is 6.07 Å². The predicted molar refractivity (Wildman–Crippen MR) is 119 cm³/mol. The van der Waals surface area contributed by atoms with Gasteiger partial charge in [-0.15, -0.1) is 0 Å². The van der Waals surface area contributed by atoms with Crippen LogP contribution in [0.1, 0.15) is 60.5 Å². The van der Waals surface area contributed by atoms with E-state index in [1.807, 2.05) is 45.0 Å². The van der Waals surface area contributed by atoms with Crippen LogP contribution < -0.4 is 4.90 Å². The summed E-state index contributed by atoms with van der Waals surface area (Å²) in [6.07, 6.45) is 1.11. The summed E-state index contributed by atoms with van der Waals surface area (Å²) in [7, 11) is 0. The van der Waals surface area contributed by atoms with E-state index >= 15 is 0 Å². The van der Waals surface area contributed by atoms with Crippen LogP contribution in [0, 0.1) is 12.3 Å². The first kappa shape index (κ1) is 21.3. The standard InChI is InChI=1S/C25H24ClNO4/c1-14-5-4-6-15(9-14)17-11-22(29)27(16-7-8-19(26)18(10-16)24(30)31)20-12-25(2,3)13-21(28)23(17)20/h4-10,17H,11-13H2,1-3H3,(H,30,31). The molecule has 2 aliphatic rings. The maximum absolute atomic E-state index is 13.4. The fourth-order valence-corrected chi connectivity index (χ4v) is 4.90. The van der Waals surface area contributed by atoms with Gasteiger partial charge in [0.1, 0.15) is 0 Å². The van der Waals surface area contributed by atoms with Gasteiger partial charge in [-0.1, -0.05) is 55.3 Å². The molecule has 0 spiro atoms. The van der Waals surface area contributed by atoms with Crippen molar-refractivity contribution in [1.82, 2.24) is 0 Å². The number of aryl methyl sites for hydroxylation is 1. The number of nitrogens with zero attached hydrogens (tertiary/aromatic N) is 1. The van der Waals surface area contributed by atoms with Crippen LogP contribution >= 0.6 is 11.6 Å². The largest absolute Gasteiger partial charge is 0.478 e. The summed E-state index contributed by atoms with van der Waals surface area (Å²) in [6.45, 7) is 6.01. The van der Waals surface area contributed by atoms with E-state index in [9.17, 15) is 19.5 Å². The Morgan fingerprint density at radius 3 is 2.55 bits per heavy atom. The number of allylic oxidation sites excluding steroid dienone is 2. The molecule has 1 heterocycles. The van der Waals surface area contributed by atoms with Crippen LogP contribution in [0.2, 0.25) is 5.02 Å². The molecule has 1 aliphatic carbocycles. The van der Waals surface area contributed by atoms with Crippen molar-refractivity contribution in [2.75, 3.05) is 4.90 Å².